The second-order valence-corrected chi connectivity index (χ2v) is 6.66. The zero-order chi connectivity index (χ0) is 22.2. The Hall–Kier alpha value is -4.17. The molecule has 0 bridgehead atoms. The van der Waals surface area contributed by atoms with Gasteiger partial charge in [0, 0.05) is 16.3 Å². The van der Waals surface area contributed by atoms with Crippen molar-refractivity contribution in [3.63, 3.8) is 0 Å². The van der Waals surface area contributed by atoms with Gasteiger partial charge in [-0.2, -0.15) is 5.10 Å². The van der Waals surface area contributed by atoms with Gasteiger partial charge in [0.1, 0.15) is 5.75 Å². The topological polar surface area (TPSA) is 120 Å². The summed E-state index contributed by atoms with van der Waals surface area (Å²) in [6.45, 7) is 0. The molecule has 3 rings (SSSR count). The molecule has 9 heteroatoms. The average molecular weight is 437 g/mol. The first kappa shape index (κ1) is 21.5. The van der Waals surface area contributed by atoms with E-state index >= 15 is 0 Å². The Morgan fingerprint density at radius 2 is 1.52 bits per heavy atom. The first-order valence-electron chi connectivity index (χ1n) is 9.02. The molecule has 0 radical (unpaired) electrons. The van der Waals surface area contributed by atoms with E-state index in [1.54, 1.807) is 54.6 Å². The first-order valence-corrected chi connectivity index (χ1v) is 9.40. The van der Waals surface area contributed by atoms with Crippen molar-refractivity contribution in [1.82, 2.24) is 5.43 Å². The summed E-state index contributed by atoms with van der Waals surface area (Å²) < 4.78 is 0. The van der Waals surface area contributed by atoms with Crippen LogP contribution in [0.4, 0.5) is 11.4 Å². The van der Waals surface area contributed by atoms with Crippen LogP contribution in [0.5, 0.6) is 5.75 Å². The summed E-state index contributed by atoms with van der Waals surface area (Å²) in [5.41, 5.74) is 3.27. The van der Waals surface area contributed by atoms with Crippen LogP contribution < -0.4 is 16.1 Å². The van der Waals surface area contributed by atoms with Crippen molar-refractivity contribution in [2.75, 3.05) is 10.6 Å². The smallest absolute Gasteiger partial charge is 0.329 e. The lowest BCUT2D eigenvalue weighted by molar-refractivity contribution is -0.136. The van der Waals surface area contributed by atoms with Gasteiger partial charge in [-0.1, -0.05) is 35.9 Å². The summed E-state index contributed by atoms with van der Waals surface area (Å²) in [6, 6.07) is 19.1. The van der Waals surface area contributed by atoms with E-state index in [0.29, 0.717) is 16.3 Å². The number of phenols is 1. The van der Waals surface area contributed by atoms with Crippen LogP contribution in [-0.2, 0) is 9.59 Å². The van der Waals surface area contributed by atoms with Crippen LogP contribution in [-0.4, -0.2) is 29.0 Å². The highest BCUT2D eigenvalue weighted by atomic mass is 35.5. The summed E-state index contributed by atoms with van der Waals surface area (Å²) in [4.78, 5) is 36.8. The zero-order valence-electron chi connectivity index (χ0n) is 16.0. The third kappa shape index (κ3) is 5.91. The maximum atomic E-state index is 12.6. The molecular weight excluding hydrogens is 420 g/mol. The van der Waals surface area contributed by atoms with Gasteiger partial charge in [-0.15, -0.1) is 0 Å². The van der Waals surface area contributed by atoms with E-state index in [-0.39, 0.29) is 17.0 Å². The molecule has 3 aromatic carbocycles. The van der Waals surface area contributed by atoms with Gasteiger partial charge >= 0.3 is 11.8 Å². The minimum Gasteiger partial charge on any atom is -0.507 e. The zero-order valence-corrected chi connectivity index (χ0v) is 16.8. The number of nitrogens with one attached hydrogen (secondary N) is 3. The predicted molar refractivity (Wildman–Crippen MR) is 118 cm³/mol. The van der Waals surface area contributed by atoms with Crippen molar-refractivity contribution in [2.45, 2.75) is 0 Å². The number of halogens is 1. The van der Waals surface area contributed by atoms with Crippen LogP contribution in [0, 0.1) is 0 Å². The summed E-state index contributed by atoms with van der Waals surface area (Å²) in [7, 11) is 0. The molecule has 0 spiro atoms. The first-order chi connectivity index (χ1) is 14.9. The summed E-state index contributed by atoms with van der Waals surface area (Å²) in [6.07, 6.45) is 1.20. The Kier molecular flexibility index (Phi) is 6.97. The van der Waals surface area contributed by atoms with Crippen LogP contribution >= 0.6 is 11.6 Å². The molecule has 8 nitrogen and oxygen atoms in total. The molecule has 0 aliphatic heterocycles. The van der Waals surface area contributed by atoms with E-state index in [1.165, 1.54) is 24.4 Å². The minimum absolute atomic E-state index is 0.0226. The molecule has 0 atom stereocenters. The molecular formula is C22H17ClN4O4. The van der Waals surface area contributed by atoms with E-state index in [0.717, 1.165) is 0 Å². The molecule has 0 aliphatic rings. The van der Waals surface area contributed by atoms with Crippen LogP contribution in [0.3, 0.4) is 0 Å². The minimum atomic E-state index is -1.04. The molecule has 3 amide bonds. The fraction of sp³-hybridized carbons (Fsp3) is 0. The van der Waals surface area contributed by atoms with Crippen molar-refractivity contribution in [3.05, 3.63) is 88.9 Å². The number of rotatable bonds is 5. The van der Waals surface area contributed by atoms with Crippen molar-refractivity contribution >= 4 is 46.9 Å². The highest BCUT2D eigenvalue weighted by Gasteiger charge is 2.17. The van der Waals surface area contributed by atoms with Gasteiger partial charge in [-0.25, -0.2) is 5.43 Å². The van der Waals surface area contributed by atoms with Gasteiger partial charge < -0.3 is 15.7 Å². The van der Waals surface area contributed by atoms with E-state index in [2.05, 4.69) is 21.2 Å². The molecule has 0 aliphatic carbocycles. The molecule has 3 aromatic rings. The third-order valence-electron chi connectivity index (χ3n) is 4.03. The van der Waals surface area contributed by atoms with Crippen LogP contribution in [0.1, 0.15) is 15.9 Å². The number of phenolic OH excluding ortho intramolecular Hbond substituents is 1. The highest BCUT2D eigenvalue weighted by molar-refractivity contribution is 6.40. The number of benzene rings is 3. The molecule has 4 N–H and O–H groups in total. The van der Waals surface area contributed by atoms with E-state index < -0.39 is 17.7 Å². The SMILES string of the molecule is O=C(N/N=C\c1ccccc1O)C(=O)Nc1ccccc1C(=O)Nc1ccc(Cl)cc1. The van der Waals surface area contributed by atoms with Crippen LogP contribution in [0.25, 0.3) is 0 Å². The predicted octanol–water partition coefficient (Wildman–Crippen LogP) is 3.39. The molecule has 0 heterocycles. The number of hydrogen-bond donors (Lipinski definition) is 4. The Balaban J connectivity index is 1.64. The number of para-hydroxylation sites is 2. The molecule has 0 fully saturated rings. The second kappa shape index (κ2) is 10.0. The van der Waals surface area contributed by atoms with Crippen LogP contribution in [0.15, 0.2) is 77.9 Å². The molecule has 0 saturated heterocycles. The molecule has 0 unspecified atom stereocenters. The van der Waals surface area contributed by atoms with Gasteiger partial charge in [-0.05, 0) is 48.5 Å². The number of hydrogen-bond acceptors (Lipinski definition) is 5. The third-order valence-corrected chi connectivity index (χ3v) is 4.29. The molecule has 0 saturated carbocycles. The average Bonchev–Trinajstić information content (AvgIpc) is 2.77. The number of hydrazone groups is 1. The lowest BCUT2D eigenvalue weighted by Gasteiger charge is -2.11. The number of carbonyl (C=O) groups excluding carboxylic acids is 3. The van der Waals surface area contributed by atoms with Crippen molar-refractivity contribution < 1.29 is 19.5 Å². The number of aromatic hydroxyl groups is 1. The Morgan fingerprint density at radius 1 is 0.839 bits per heavy atom. The Labute approximate surface area is 182 Å². The lowest BCUT2D eigenvalue weighted by atomic mass is 10.1. The van der Waals surface area contributed by atoms with Gasteiger partial charge in [-0.3, -0.25) is 14.4 Å². The standard InChI is InChI=1S/C22H17ClN4O4/c23-15-9-11-16(12-10-15)25-20(29)17-6-2-3-7-18(17)26-21(30)22(31)27-24-13-14-5-1-4-8-19(14)28/h1-13,28H,(H,25,29)(H,26,30)(H,27,31)/b24-13-. The molecule has 156 valence electrons. The van der Waals surface area contributed by atoms with Gasteiger partial charge in [0.15, 0.2) is 0 Å². The number of amides is 3. The summed E-state index contributed by atoms with van der Waals surface area (Å²) in [5, 5.41) is 18.9. The molecule has 0 aromatic heterocycles. The second-order valence-electron chi connectivity index (χ2n) is 6.22. The highest BCUT2D eigenvalue weighted by Crippen LogP contribution is 2.19. The monoisotopic (exact) mass is 436 g/mol. The Morgan fingerprint density at radius 3 is 2.26 bits per heavy atom. The maximum Gasteiger partial charge on any atom is 0.329 e. The number of carbonyl (C=O) groups is 3. The van der Waals surface area contributed by atoms with Gasteiger partial charge in [0.05, 0.1) is 17.5 Å². The normalized spacial score (nSPS) is 10.5. The van der Waals surface area contributed by atoms with Crippen molar-refractivity contribution in [1.29, 1.82) is 0 Å². The fourth-order valence-electron chi connectivity index (χ4n) is 2.51. The van der Waals surface area contributed by atoms with Crippen molar-refractivity contribution in [3.8, 4) is 5.75 Å². The summed E-state index contributed by atoms with van der Waals surface area (Å²) >= 11 is 5.84. The van der Waals surface area contributed by atoms with E-state index in [1.807, 2.05) is 0 Å². The van der Waals surface area contributed by atoms with Gasteiger partial charge in [0.25, 0.3) is 5.91 Å². The quantitative estimate of drug-likeness (QED) is 0.278. The summed E-state index contributed by atoms with van der Waals surface area (Å²) in [5.74, 6) is -2.55. The van der Waals surface area contributed by atoms with E-state index in [9.17, 15) is 19.5 Å². The largest absolute Gasteiger partial charge is 0.507 e. The van der Waals surface area contributed by atoms with Gasteiger partial charge in [0.2, 0.25) is 0 Å². The molecule has 31 heavy (non-hydrogen) atoms. The number of nitrogens with zero attached hydrogens (tertiary/aromatic N) is 1. The number of anilines is 2. The maximum absolute atomic E-state index is 12.6. The Bertz CT molecular complexity index is 1150. The van der Waals surface area contributed by atoms with E-state index in [4.69, 9.17) is 11.6 Å². The fourth-order valence-corrected chi connectivity index (χ4v) is 2.63. The van der Waals surface area contributed by atoms with Crippen molar-refractivity contribution in [2.24, 2.45) is 5.10 Å². The lowest BCUT2D eigenvalue weighted by Crippen LogP contribution is -2.33. The van der Waals surface area contributed by atoms with Crippen LogP contribution in [0.2, 0.25) is 5.02 Å².